The van der Waals surface area contributed by atoms with Crippen LogP contribution >= 0.6 is 0 Å². The zero-order valence-electron chi connectivity index (χ0n) is 17.3. The maximum Gasteiger partial charge on any atom is 2.00 e. The SMILES string of the molecule is C1=C\CC/C=C\CC/1.F[B-](F)(F)F.[OH3+].[Ru+2].c1ccc(-c2ccc(-c3ccccn3)[n-]2)nc1. The first kappa shape index (κ1) is 29.4. The van der Waals surface area contributed by atoms with Crippen LogP contribution in [0.5, 0.6) is 0 Å². The minimum absolute atomic E-state index is 0. The average molecular weight is 535 g/mol. The molecule has 3 N–H and O–H groups in total. The summed E-state index contributed by atoms with van der Waals surface area (Å²) in [5.74, 6) is 0. The van der Waals surface area contributed by atoms with Gasteiger partial charge in [0.25, 0.3) is 0 Å². The molecular formula is C22H25BF4N3ORu+. The third kappa shape index (κ3) is 13.0. The minimum Gasteiger partial charge on any atom is -0.654 e. The molecule has 4 rings (SSSR count). The number of rotatable bonds is 2. The second-order valence-electron chi connectivity index (χ2n) is 6.24. The van der Waals surface area contributed by atoms with Gasteiger partial charge in [-0.1, -0.05) is 48.6 Å². The Morgan fingerprint density at radius 2 is 0.969 bits per heavy atom. The molecule has 3 aromatic heterocycles. The molecule has 3 heterocycles. The van der Waals surface area contributed by atoms with Crippen molar-refractivity contribution in [2.24, 2.45) is 0 Å². The van der Waals surface area contributed by atoms with E-state index in [4.69, 9.17) is 0 Å². The first-order valence-electron chi connectivity index (χ1n) is 9.57. The molecule has 0 radical (unpaired) electrons. The second kappa shape index (κ2) is 16.1. The molecule has 172 valence electrons. The Balaban J connectivity index is 0.000000542. The molecule has 0 atom stereocenters. The quantitative estimate of drug-likeness (QED) is 0.180. The zero-order valence-corrected chi connectivity index (χ0v) is 19.0. The van der Waals surface area contributed by atoms with Crippen LogP contribution in [-0.4, -0.2) is 17.2 Å². The topological polar surface area (TPSA) is 72.9 Å². The van der Waals surface area contributed by atoms with E-state index in [1.165, 1.54) is 25.7 Å². The van der Waals surface area contributed by atoms with Gasteiger partial charge in [-0.3, -0.25) is 9.97 Å². The first-order chi connectivity index (χ1) is 14.4. The largest absolute Gasteiger partial charge is 2.00 e. The molecule has 0 unspecified atom stereocenters. The van der Waals surface area contributed by atoms with Crippen LogP contribution in [0.1, 0.15) is 25.7 Å². The van der Waals surface area contributed by atoms with Crippen molar-refractivity contribution < 1.29 is 42.2 Å². The molecular weight excluding hydrogens is 510 g/mol. The van der Waals surface area contributed by atoms with Crippen molar-refractivity contribution in [1.29, 1.82) is 0 Å². The normalized spacial score (nSPS) is 14.4. The summed E-state index contributed by atoms with van der Waals surface area (Å²) in [4.78, 5) is 13.1. The Bertz CT molecular complexity index is 834. The van der Waals surface area contributed by atoms with E-state index in [-0.39, 0.29) is 25.0 Å². The van der Waals surface area contributed by atoms with Crippen molar-refractivity contribution in [2.45, 2.75) is 25.7 Å². The third-order valence-electron chi connectivity index (χ3n) is 3.83. The molecule has 32 heavy (non-hydrogen) atoms. The van der Waals surface area contributed by atoms with E-state index in [1.807, 2.05) is 48.5 Å². The van der Waals surface area contributed by atoms with Crippen LogP contribution < -0.4 is 4.98 Å². The Morgan fingerprint density at radius 1 is 0.625 bits per heavy atom. The Morgan fingerprint density at radius 3 is 1.25 bits per heavy atom. The van der Waals surface area contributed by atoms with Crippen LogP contribution in [0.15, 0.2) is 85.2 Å². The summed E-state index contributed by atoms with van der Waals surface area (Å²) in [6.07, 6.45) is 17.5. The summed E-state index contributed by atoms with van der Waals surface area (Å²) in [5, 5.41) is 0. The Kier molecular flexibility index (Phi) is 14.8. The fourth-order valence-corrected chi connectivity index (χ4v) is 2.53. The number of hydrogen-bond donors (Lipinski definition) is 0. The first-order valence-corrected chi connectivity index (χ1v) is 9.57. The molecule has 0 bridgehead atoms. The van der Waals surface area contributed by atoms with Gasteiger partial charge in [0.1, 0.15) is 0 Å². The van der Waals surface area contributed by atoms with Crippen LogP contribution in [0.25, 0.3) is 22.8 Å². The molecule has 0 fully saturated rings. The summed E-state index contributed by atoms with van der Waals surface area (Å²) < 4.78 is 39.0. The summed E-state index contributed by atoms with van der Waals surface area (Å²) in [5.41, 5.74) is 3.53. The van der Waals surface area contributed by atoms with Crippen LogP contribution in [0.3, 0.4) is 0 Å². The van der Waals surface area contributed by atoms with Crippen LogP contribution in [0, 0.1) is 0 Å². The van der Waals surface area contributed by atoms with Crippen molar-refractivity contribution in [2.75, 3.05) is 0 Å². The molecule has 4 nitrogen and oxygen atoms in total. The molecule has 0 aromatic carbocycles. The zero-order chi connectivity index (χ0) is 21.7. The number of halogens is 4. The smallest absolute Gasteiger partial charge is 0.654 e. The van der Waals surface area contributed by atoms with E-state index < -0.39 is 7.25 Å². The average Bonchev–Trinajstić information content (AvgIpc) is 3.18. The van der Waals surface area contributed by atoms with Crippen molar-refractivity contribution >= 4 is 7.25 Å². The molecule has 0 saturated carbocycles. The predicted molar refractivity (Wildman–Crippen MR) is 118 cm³/mol. The fourth-order valence-electron chi connectivity index (χ4n) is 2.53. The summed E-state index contributed by atoms with van der Waals surface area (Å²) in [6, 6.07) is 15.5. The molecule has 0 amide bonds. The van der Waals surface area contributed by atoms with Crippen LogP contribution in [-0.2, 0) is 25.0 Å². The van der Waals surface area contributed by atoms with Gasteiger partial charge in [-0.05, 0) is 49.9 Å². The number of pyridine rings is 2. The third-order valence-corrected chi connectivity index (χ3v) is 3.83. The summed E-state index contributed by atoms with van der Waals surface area (Å²) >= 11 is 0. The maximum absolute atomic E-state index is 9.75. The van der Waals surface area contributed by atoms with Gasteiger partial charge >= 0.3 is 26.7 Å². The number of aromatic nitrogens is 3. The summed E-state index contributed by atoms with van der Waals surface area (Å²) in [6.45, 7) is 0. The van der Waals surface area contributed by atoms with Gasteiger partial charge in [0.2, 0.25) is 0 Å². The van der Waals surface area contributed by atoms with Crippen LogP contribution in [0.4, 0.5) is 17.3 Å². The molecule has 3 aromatic rings. The van der Waals surface area contributed by atoms with E-state index in [9.17, 15) is 17.3 Å². The van der Waals surface area contributed by atoms with Gasteiger partial charge < -0.3 is 27.7 Å². The van der Waals surface area contributed by atoms with Gasteiger partial charge in [0.15, 0.2) is 0 Å². The van der Waals surface area contributed by atoms with E-state index in [0.29, 0.717) is 0 Å². The molecule has 1 aliphatic rings. The molecule has 1 aliphatic carbocycles. The molecule has 0 aliphatic heterocycles. The number of nitrogens with zero attached hydrogens (tertiary/aromatic N) is 3. The fraction of sp³-hybridized carbons (Fsp3) is 0.182. The van der Waals surface area contributed by atoms with Crippen molar-refractivity contribution in [1.82, 2.24) is 15.0 Å². The van der Waals surface area contributed by atoms with Crippen LogP contribution in [0.2, 0.25) is 0 Å². The van der Waals surface area contributed by atoms with Gasteiger partial charge in [-0.2, -0.15) is 0 Å². The van der Waals surface area contributed by atoms with Gasteiger partial charge in [0, 0.05) is 23.8 Å². The number of allylic oxidation sites excluding steroid dienone is 4. The maximum atomic E-state index is 9.75. The van der Waals surface area contributed by atoms with E-state index in [0.717, 1.165) is 22.8 Å². The van der Waals surface area contributed by atoms with E-state index >= 15 is 0 Å². The van der Waals surface area contributed by atoms with Crippen molar-refractivity contribution in [3.63, 3.8) is 0 Å². The summed E-state index contributed by atoms with van der Waals surface area (Å²) in [7, 11) is -6.00. The van der Waals surface area contributed by atoms with E-state index in [1.54, 1.807) is 12.4 Å². The van der Waals surface area contributed by atoms with Gasteiger partial charge in [-0.25, -0.2) is 0 Å². The Labute approximate surface area is 198 Å². The number of hydrogen-bond acceptors (Lipinski definition) is 2. The second-order valence-corrected chi connectivity index (χ2v) is 6.24. The standard InChI is InChI=1S/C14H10N3.C8H12.BF4.H2O.Ru/c1-3-9-15-11(5-1)13-7-8-14(17-13)12-6-2-4-10-16-12;1-2-4-6-8-7-5-3-1;2-1(3,4)5;;/h1-10H;1-2,7-8H,3-6H2;;1H2;/q-1;;-1;;+2/p+1/b;2-1-,8-7-;;;. The predicted octanol–water partition coefficient (Wildman–Crippen LogP) is 5.82. The van der Waals surface area contributed by atoms with E-state index in [2.05, 4.69) is 39.3 Å². The molecule has 0 saturated heterocycles. The van der Waals surface area contributed by atoms with Crippen molar-refractivity contribution in [3.8, 4) is 22.8 Å². The molecule has 10 heteroatoms. The van der Waals surface area contributed by atoms with Gasteiger partial charge in [0.05, 0.1) is 0 Å². The minimum atomic E-state index is -6.00. The monoisotopic (exact) mass is 536 g/mol. The van der Waals surface area contributed by atoms with Crippen molar-refractivity contribution in [3.05, 3.63) is 85.2 Å². The van der Waals surface area contributed by atoms with Gasteiger partial charge in [-0.15, -0.1) is 11.4 Å². The molecule has 0 spiro atoms. The Hall–Kier alpha value is -2.57.